The zero-order chi connectivity index (χ0) is 20.9. The summed E-state index contributed by atoms with van der Waals surface area (Å²) >= 11 is 5.88. The van der Waals surface area contributed by atoms with E-state index in [-0.39, 0.29) is 24.5 Å². The van der Waals surface area contributed by atoms with Crippen LogP contribution < -0.4 is 10.1 Å². The van der Waals surface area contributed by atoms with Gasteiger partial charge in [-0.05, 0) is 62.8 Å². The summed E-state index contributed by atoms with van der Waals surface area (Å²) < 4.78 is 7.32. The van der Waals surface area contributed by atoms with Crippen LogP contribution in [0.15, 0.2) is 30.5 Å². The molecule has 9 heteroatoms. The number of hydrogen-bond donors (Lipinski definition) is 1. The third-order valence-corrected chi connectivity index (χ3v) is 5.75. The summed E-state index contributed by atoms with van der Waals surface area (Å²) in [7, 11) is 0. The Morgan fingerprint density at radius 3 is 2.73 bits per heavy atom. The van der Waals surface area contributed by atoms with Gasteiger partial charge in [0.05, 0.1) is 6.20 Å². The van der Waals surface area contributed by atoms with Gasteiger partial charge >= 0.3 is 0 Å². The summed E-state index contributed by atoms with van der Waals surface area (Å²) in [5.74, 6) is 0.441. The average molecular weight is 432 g/mol. The van der Waals surface area contributed by atoms with Gasteiger partial charge < -0.3 is 15.0 Å². The minimum atomic E-state index is -0.169. The largest absolute Gasteiger partial charge is 0.484 e. The molecule has 2 amide bonds. The molecule has 0 radical (unpaired) electrons. The van der Waals surface area contributed by atoms with Crippen LogP contribution in [0.3, 0.4) is 0 Å². The maximum absolute atomic E-state index is 12.7. The van der Waals surface area contributed by atoms with Crippen LogP contribution in [0.25, 0.3) is 0 Å². The summed E-state index contributed by atoms with van der Waals surface area (Å²) in [5, 5.41) is 11.6. The summed E-state index contributed by atoms with van der Waals surface area (Å²) in [6.45, 7) is 1.35. The number of rotatable bonds is 8. The normalized spacial score (nSPS) is 18.8. The van der Waals surface area contributed by atoms with E-state index in [0.717, 1.165) is 45.1 Å². The first-order chi connectivity index (χ1) is 14.6. The predicted octanol–water partition coefficient (Wildman–Crippen LogP) is 2.67. The Bertz CT molecular complexity index is 881. The molecule has 160 valence electrons. The summed E-state index contributed by atoms with van der Waals surface area (Å²) in [6.07, 6.45) is 7.56. The van der Waals surface area contributed by atoms with Crippen molar-refractivity contribution in [1.29, 1.82) is 0 Å². The Kier molecular flexibility index (Phi) is 6.52. The van der Waals surface area contributed by atoms with Crippen molar-refractivity contribution in [3.63, 3.8) is 0 Å². The molecule has 1 saturated carbocycles. The molecule has 0 bridgehead atoms. The Balaban J connectivity index is 1.28. The monoisotopic (exact) mass is 431 g/mol. The van der Waals surface area contributed by atoms with Gasteiger partial charge in [-0.2, -0.15) is 0 Å². The molecular formula is C21H26ClN5O3. The van der Waals surface area contributed by atoms with Gasteiger partial charge in [-0.15, -0.1) is 5.10 Å². The molecule has 30 heavy (non-hydrogen) atoms. The number of ether oxygens (including phenoxy) is 1. The maximum atomic E-state index is 12.7. The number of aromatic nitrogens is 3. The molecule has 1 saturated heterocycles. The van der Waals surface area contributed by atoms with Crippen molar-refractivity contribution in [3.8, 4) is 5.75 Å². The molecule has 1 aliphatic heterocycles. The quantitative estimate of drug-likeness (QED) is 0.694. The molecule has 1 aromatic carbocycles. The van der Waals surface area contributed by atoms with E-state index in [1.54, 1.807) is 35.1 Å². The van der Waals surface area contributed by atoms with Gasteiger partial charge in [0.2, 0.25) is 0 Å². The Hall–Kier alpha value is -2.61. The molecule has 2 aromatic rings. The lowest BCUT2D eigenvalue weighted by Gasteiger charge is -2.35. The van der Waals surface area contributed by atoms with E-state index in [9.17, 15) is 9.59 Å². The number of benzene rings is 1. The molecule has 1 aliphatic carbocycles. The Morgan fingerprint density at radius 1 is 1.17 bits per heavy atom. The molecular weight excluding hydrogens is 406 g/mol. The van der Waals surface area contributed by atoms with Gasteiger partial charge in [0.1, 0.15) is 5.75 Å². The molecule has 1 aromatic heterocycles. The number of piperidine rings is 1. The first-order valence-corrected chi connectivity index (χ1v) is 10.8. The lowest BCUT2D eigenvalue weighted by Crippen LogP contribution is -2.46. The number of aryl methyl sites for hydroxylation is 1. The molecule has 8 nitrogen and oxygen atoms in total. The molecule has 2 fully saturated rings. The van der Waals surface area contributed by atoms with Crippen LogP contribution in [-0.2, 0) is 11.3 Å². The van der Waals surface area contributed by atoms with Gasteiger partial charge in [0.25, 0.3) is 11.8 Å². The molecule has 2 aliphatic rings. The van der Waals surface area contributed by atoms with Gasteiger partial charge in [-0.1, -0.05) is 16.8 Å². The lowest BCUT2D eigenvalue weighted by molar-refractivity contribution is -0.137. The first-order valence-electron chi connectivity index (χ1n) is 10.5. The number of carbonyl (C=O) groups is 2. The van der Waals surface area contributed by atoms with E-state index < -0.39 is 0 Å². The van der Waals surface area contributed by atoms with Crippen LogP contribution in [-0.4, -0.2) is 56.9 Å². The fraction of sp³-hybridized carbons (Fsp3) is 0.524. The first kappa shape index (κ1) is 20.7. The number of amides is 2. The molecule has 1 N–H and O–H groups in total. The van der Waals surface area contributed by atoms with E-state index in [4.69, 9.17) is 16.3 Å². The van der Waals surface area contributed by atoms with Crippen LogP contribution >= 0.6 is 11.6 Å². The highest BCUT2D eigenvalue weighted by atomic mass is 35.5. The van der Waals surface area contributed by atoms with E-state index in [1.165, 1.54) is 0 Å². The van der Waals surface area contributed by atoms with Crippen LogP contribution in [0.1, 0.15) is 49.0 Å². The number of hydrogen-bond acceptors (Lipinski definition) is 5. The summed E-state index contributed by atoms with van der Waals surface area (Å²) in [5.41, 5.74) is 0.342. The van der Waals surface area contributed by atoms with Crippen molar-refractivity contribution in [2.24, 2.45) is 0 Å². The van der Waals surface area contributed by atoms with Crippen molar-refractivity contribution < 1.29 is 14.3 Å². The maximum Gasteiger partial charge on any atom is 0.273 e. The molecule has 0 unspecified atom stereocenters. The van der Waals surface area contributed by atoms with E-state index in [1.807, 2.05) is 4.90 Å². The van der Waals surface area contributed by atoms with Crippen molar-refractivity contribution >= 4 is 23.4 Å². The van der Waals surface area contributed by atoms with Crippen LogP contribution in [0.5, 0.6) is 5.75 Å². The highest BCUT2D eigenvalue weighted by Crippen LogP contribution is 2.22. The second kappa shape index (κ2) is 9.47. The van der Waals surface area contributed by atoms with Gasteiger partial charge in [0, 0.05) is 30.2 Å². The number of nitrogens with zero attached hydrogens (tertiary/aromatic N) is 4. The van der Waals surface area contributed by atoms with Gasteiger partial charge in [-0.3, -0.25) is 14.3 Å². The SMILES string of the molecule is O=C(NC1CC1)c1cn(CC[C@H]2CCCCN2C(=O)COc2ccc(Cl)cc2)nn1. The van der Waals surface area contributed by atoms with Crippen molar-refractivity contribution in [2.75, 3.05) is 13.2 Å². The second-order valence-corrected chi connectivity index (χ2v) is 8.32. The predicted molar refractivity (Wildman–Crippen MR) is 111 cm³/mol. The number of halogens is 1. The highest BCUT2D eigenvalue weighted by Gasteiger charge is 2.27. The van der Waals surface area contributed by atoms with E-state index in [0.29, 0.717) is 29.1 Å². The van der Waals surface area contributed by atoms with E-state index in [2.05, 4.69) is 15.6 Å². The van der Waals surface area contributed by atoms with E-state index >= 15 is 0 Å². The topological polar surface area (TPSA) is 89.4 Å². The smallest absolute Gasteiger partial charge is 0.273 e. The zero-order valence-electron chi connectivity index (χ0n) is 16.8. The molecule has 2 heterocycles. The van der Waals surface area contributed by atoms with Crippen molar-refractivity contribution in [1.82, 2.24) is 25.2 Å². The van der Waals surface area contributed by atoms with Gasteiger partial charge in [-0.25, -0.2) is 0 Å². The number of carbonyl (C=O) groups excluding carboxylic acids is 2. The summed E-state index contributed by atoms with van der Waals surface area (Å²) in [4.78, 5) is 26.7. The number of nitrogens with one attached hydrogen (secondary N) is 1. The third-order valence-electron chi connectivity index (χ3n) is 5.50. The lowest BCUT2D eigenvalue weighted by atomic mass is 9.99. The molecule has 0 spiro atoms. The Morgan fingerprint density at radius 2 is 1.97 bits per heavy atom. The average Bonchev–Trinajstić information content (AvgIpc) is 3.44. The minimum Gasteiger partial charge on any atom is -0.484 e. The zero-order valence-corrected chi connectivity index (χ0v) is 17.6. The van der Waals surface area contributed by atoms with Crippen LogP contribution in [0, 0.1) is 0 Å². The fourth-order valence-corrected chi connectivity index (χ4v) is 3.79. The van der Waals surface area contributed by atoms with Crippen LogP contribution in [0.4, 0.5) is 0 Å². The fourth-order valence-electron chi connectivity index (χ4n) is 3.67. The molecule has 1 atom stereocenters. The standard InChI is InChI=1S/C21H26ClN5O3/c22-15-4-8-18(9-5-15)30-14-20(28)27-11-2-1-3-17(27)10-12-26-13-19(24-25-26)21(29)23-16-6-7-16/h4-5,8-9,13,16-17H,1-3,6-7,10-12,14H2,(H,23,29)/t17-/m1/s1. The van der Waals surface area contributed by atoms with Crippen molar-refractivity contribution in [2.45, 2.75) is 57.2 Å². The Labute approximate surface area is 180 Å². The van der Waals surface area contributed by atoms with Gasteiger partial charge in [0.15, 0.2) is 12.3 Å². The van der Waals surface area contributed by atoms with Crippen LogP contribution in [0.2, 0.25) is 5.02 Å². The summed E-state index contributed by atoms with van der Waals surface area (Å²) in [6, 6.07) is 7.41. The second-order valence-electron chi connectivity index (χ2n) is 7.88. The highest BCUT2D eigenvalue weighted by molar-refractivity contribution is 6.30. The number of likely N-dealkylation sites (tertiary alicyclic amines) is 1. The molecule has 4 rings (SSSR count). The third kappa shape index (κ3) is 5.50. The minimum absolute atomic E-state index is 0.00689. The van der Waals surface area contributed by atoms with Crippen molar-refractivity contribution in [3.05, 3.63) is 41.2 Å².